The van der Waals surface area contributed by atoms with Crippen molar-refractivity contribution in [2.75, 3.05) is 44.7 Å². The van der Waals surface area contributed by atoms with E-state index in [-0.39, 0.29) is 0 Å². The molecule has 0 radical (unpaired) electrons. The molecule has 1 aliphatic carbocycles. The molecule has 0 aromatic heterocycles. The second-order valence-electron chi connectivity index (χ2n) is 6.33. The minimum Gasteiger partial charge on any atom is -0.369 e. The van der Waals surface area contributed by atoms with Crippen LogP contribution in [0.5, 0.6) is 0 Å². The van der Waals surface area contributed by atoms with Gasteiger partial charge in [-0.05, 0) is 55.6 Å². The maximum atomic E-state index is 3.68. The van der Waals surface area contributed by atoms with E-state index < -0.39 is 0 Å². The van der Waals surface area contributed by atoms with Crippen LogP contribution in [0.3, 0.4) is 0 Å². The van der Waals surface area contributed by atoms with Crippen molar-refractivity contribution in [3.63, 3.8) is 0 Å². The highest BCUT2D eigenvalue weighted by Crippen LogP contribution is 2.45. The molecule has 2 heterocycles. The highest BCUT2D eigenvalue weighted by atomic mass is 15.2. The molecule has 2 saturated heterocycles. The van der Waals surface area contributed by atoms with E-state index in [0.717, 1.165) is 19.0 Å². The lowest BCUT2D eigenvalue weighted by Crippen LogP contribution is -2.44. The van der Waals surface area contributed by atoms with Crippen molar-refractivity contribution in [1.82, 2.24) is 10.2 Å². The normalized spacial score (nSPS) is 30.5. The zero-order chi connectivity index (χ0) is 12.8. The molecule has 1 aromatic rings. The van der Waals surface area contributed by atoms with Crippen LogP contribution in [0.25, 0.3) is 0 Å². The summed E-state index contributed by atoms with van der Waals surface area (Å²) in [7, 11) is 2.22. The van der Waals surface area contributed by atoms with Crippen molar-refractivity contribution in [2.24, 2.45) is 0 Å². The molecular formula is C16H23N3. The number of rotatable bonds is 1. The van der Waals surface area contributed by atoms with Crippen LogP contribution in [0.1, 0.15) is 35.9 Å². The largest absolute Gasteiger partial charge is 0.369 e. The smallest absolute Gasteiger partial charge is 0.0370 e. The van der Waals surface area contributed by atoms with E-state index >= 15 is 0 Å². The molecule has 2 aliphatic heterocycles. The fourth-order valence-electron chi connectivity index (χ4n) is 3.93. The molecule has 0 amide bonds. The molecule has 2 bridgehead atoms. The molecule has 2 atom stereocenters. The van der Waals surface area contributed by atoms with E-state index in [4.69, 9.17) is 0 Å². The quantitative estimate of drug-likeness (QED) is 0.830. The lowest BCUT2D eigenvalue weighted by molar-refractivity contribution is 0.313. The SMILES string of the molecule is CN1CCN(c2ccc3c(c2)C2CC3CCN2)CC1. The summed E-state index contributed by atoms with van der Waals surface area (Å²) in [6.07, 6.45) is 2.64. The maximum Gasteiger partial charge on any atom is 0.0370 e. The van der Waals surface area contributed by atoms with Crippen LogP contribution in [-0.4, -0.2) is 44.7 Å². The number of piperidine rings is 1. The maximum absolute atomic E-state index is 3.68. The van der Waals surface area contributed by atoms with E-state index in [1.807, 2.05) is 0 Å². The number of hydrogen-bond donors (Lipinski definition) is 1. The molecule has 2 fully saturated rings. The highest BCUT2D eigenvalue weighted by Gasteiger charge is 2.34. The van der Waals surface area contributed by atoms with Crippen LogP contribution in [-0.2, 0) is 0 Å². The molecule has 1 N–H and O–H groups in total. The van der Waals surface area contributed by atoms with Crippen LogP contribution in [0.4, 0.5) is 5.69 Å². The van der Waals surface area contributed by atoms with Crippen LogP contribution in [0.15, 0.2) is 18.2 Å². The topological polar surface area (TPSA) is 18.5 Å². The molecule has 3 heteroatoms. The third-order valence-electron chi connectivity index (χ3n) is 5.16. The van der Waals surface area contributed by atoms with Crippen molar-refractivity contribution in [1.29, 1.82) is 0 Å². The van der Waals surface area contributed by atoms with Gasteiger partial charge in [0.25, 0.3) is 0 Å². The van der Waals surface area contributed by atoms with Gasteiger partial charge in [-0.25, -0.2) is 0 Å². The summed E-state index contributed by atoms with van der Waals surface area (Å²) in [6, 6.07) is 7.84. The first-order valence-electron chi connectivity index (χ1n) is 7.62. The Morgan fingerprint density at radius 2 is 1.95 bits per heavy atom. The second kappa shape index (κ2) is 4.50. The number of piperazine rings is 1. The standard InChI is InChI=1S/C16H23N3/c1-18-6-8-19(9-7-18)13-2-3-14-12-4-5-17-16(10-12)15(14)11-13/h2-3,11-12,16-17H,4-10H2,1H3. The van der Waals surface area contributed by atoms with Gasteiger partial charge < -0.3 is 15.1 Å². The average Bonchev–Trinajstić information content (AvgIpc) is 2.71. The summed E-state index contributed by atoms with van der Waals surface area (Å²) in [5.74, 6) is 0.822. The Bertz CT molecular complexity index is 477. The Kier molecular flexibility index (Phi) is 2.78. The fraction of sp³-hybridized carbons (Fsp3) is 0.625. The lowest BCUT2D eigenvalue weighted by atomic mass is 9.96. The van der Waals surface area contributed by atoms with Crippen LogP contribution in [0.2, 0.25) is 0 Å². The molecule has 4 rings (SSSR count). The van der Waals surface area contributed by atoms with E-state index in [9.17, 15) is 0 Å². The van der Waals surface area contributed by atoms with Gasteiger partial charge in [-0.2, -0.15) is 0 Å². The molecule has 2 unspecified atom stereocenters. The molecule has 0 spiro atoms. The van der Waals surface area contributed by atoms with Crippen LogP contribution < -0.4 is 10.2 Å². The Labute approximate surface area is 115 Å². The summed E-state index contributed by atoms with van der Waals surface area (Å²) in [5.41, 5.74) is 4.63. The van der Waals surface area contributed by atoms with Crippen LogP contribution in [0, 0.1) is 0 Å². The fourth-order valence-corrected chi connectivity index (χ4v) is 3.93. The summed E-state index contributed by atoms with van der Waals surface area (Å²) >= 11 is 0. The molecule has 102 valence electrons. The van der Waals surface area contributed by atoms with E-state index in [0.29, 0.717) is 6.04 Å². The number of benzene rings is 1. The first-order chi connectivity index (χ1) is 9.31. The molecule has 3 aliphatic rings. The molecular weight excluding hydrogens is 234 g/mol. The van der Waals surface area contributed by atoms with Gasteiger partial charge in [0, 0.05) is 37.9 Å². The minimum atomic E-state index is 0.626. The van der Waals surface area contributed by atoms with Crippen molar-refractivity contribution in [3.05, 3.63) is 29.3 Å². The van der Waals surface area contributed by atoms with Gasteiger partial charge in [-0.15, -0.1) is 0 Å². The number of likely N-dealkylation sites (N-methyl/N-ethyl adjacent to an activating group) is 1. The molecule has 19 heavy (non-hydrogen) atoms. The first kappa shape index (κ1) is 11.7. The van der Waals surface area contributed by atoms with Gasteiger partial charge in [0.1, 0.15) is 0 Å². The van der Waals surface area contributed by atoms with Gasteiger partial charge in [-0.3, -0.25) is 0 Å². The predicted octanol–water partition coefficient (Wildman–Crippen LogP) is 1.96. The van der Waals surface area contributed by atoms with Crippen molar-refractivity contribution in [3.8, 4) is 0 Å². The second-order valence-corrected chi connectivity index (χ2v) is 6.33. The highest BCUT2D eigenvalue weighted by molar-refractivity contribution is 5.55. The van der Waals surface area contributed by atoms with E-state index in [1.54, 1.807) is 11.1 Å². The number of anilines is 1. The van der Waals surface area contributed by atoms with Crippen LogP contribution >= 0.6 is 0 Å². The summed E-state index contributed by atoms with van der Waals surface area (Å²) < 4.78 is 0. The third kappa shape index (κ3) is 1.96. The predicted molar refractivity (Wildman–Crippen MR) is 78.9 cm³/mol. The number of hydrogen-bond acceptors (Lipinski definition) is 3. The number of nitrogens with zero attached hydrogens (tertiary/aromatic N) is 2. The van der Waals surface area contributed by atoms with Crippen molar-refractivity contribution in [2.45, 2.75) is 24.8 Å². The van der Waals surface area contributed by atoms with Gasteiger partial charge in [-0.1, -0.05) is 6.07 Å². The Balaban J connectivity index is 1.62. The van der Waals surface area contributed by atoms with Gasteiger partial charge in [0.2, 0.25) is 0 Å². The van der Waals surface area contributed by atoms with Crippen molar-refractivity contribution < 1.29 is 0 Å². The number of nitrogens with one attached hydrogen (secondary N) is 1. The first-order valence-corrected chi connectivity index (χ1v) is 7.62. The summed E-state index contributed by atoms with van der Waals surface area (Å²) in [5, 5.41) is 3.68. The Morgan fingerprint density at radius 1 is 1.11 bits per heavy atom. The van der Waals surface area contributed by atoms with E-state index in [1.165, 1.54) is 38.2 Å². The summed E-state index contributed by atoms with van der Waals surface area (Å²) in [6.45, 7) is 5.88. The number of fused-ring (bicyclic) bond motifs is 5. The minimum absolute atomic E-state index is 0.626. The van der Waals surface area contributed by atoms with Gasteiger partial charge in [0.05, 0.1) is 0 Å². The Morgan fingerprint density at radius 3 is 2.79 bits per heavy atom. The zero-order valence-electron chi connectivity index (χ0n) is 11.7. The molecule has 3 nitrogen and oxygen atoms in total. The average molecular weight is 257 g/mol. The van der Waals surface area contributed by atoms with Gasteiger partial charge in [0.15, 0.2) is 0 Å². The Hall–Kier alpha value is -1.06. The molecule has 0 saturated carbocycles. The van der Waals surface area contributed by atoms with Crippen molar-refractivity contribution >= 4 is 5.69 Å². The summed E-state index contributed by atoms with van der Waals surface area (Å²) in [4.78, 5) is 4.96. The third-order valence-corrected chi connectivity index (χ3v) is 5.16. The zero-order valence-corrected chi connectivity index (χ0v) is 11.7. The van der Waals surface area contributed by atoms with E-state index in [2.05, 4.69) is 40.4 Å². The molecule has 1 aromatic carbocycles. The lowest BCUT2D eigenvalue weighted by Gasteiger charge is -2.34. The monoisotopic (exact) mass is 257 g/mol. The van der Waals surface area contributed by atoms with Gasteiger partial charge >= 0.3 is 0 Å².